The van der Waals surface area contributed by atoms with Crippen molar-refractivity contribution in [2.45, 2.75) is 27.2 Å². The van der Waals surface area contributed by atoms with Crippen molar-refractivity contribution in [2.75, 3.05) is 12.3 Å². The largest absolute Gasteiger partial charge is 0.494 e. The molecule has 1 aromatic carbocycles. The van der Waals surface area contributed by atoms with Crippen LogP contribution >= 0.6 is 0 Å². The number of aryl methyl sites for hydroxylation is 2. The van der Waals surface area contributed by atoms with Gasteiger partial charge in [0.25, 0.3) is 0 Å². The lowest BCUT2D eigenvalue weighted by atomic mass is 10.1. The van der Waals surface area contributed by atoms with Crippen molar-refractivity contribution in [3.8, 4) is 17.0 Å². The molecule has 0 unspecified atom stereocenters. The number of pyridine rings is 1. The van der Waals surface area contributed by atoms with Crippen molar-refractivity contribution in [3.63, 3.8) is 0 Å². The summed E-state index contributed by atoms with van der Waals surface area (Å²) in [7, 11) is 0. The van der Waals surface area contributed by atoms with Gasteiger partial charge in [-0.25, -0.2) is 4.98 Å². The normalized spacial score (nSPS) is 11.0. The van der Waals surface area contributed by atoms with E-state index in [0.717, 1.165) is 52.6 Å². The molecule has 2 heterocycles. The van der Waals surface area contributed by atoms with Gasteiger partial charge in [-0.1, -0.05) is 6.92 Å². The lowest BCUT2D eigenvalue weighted by Crippen LogP contribution is -1.96. The highest BCUT2D eigenvalue weighted by Crippen LogP contribution is 2.28. The molecule has 0 radical (unpaired) electrons. The second kappa shape index (κ2) is 5.72. The van der Waals surface area contributed by atoms with Crippen molar-refractivity contribution < 1.29 is 4.74 Å². The van der Waals surface area contributed by atoms with Crippen LogP contribution in [0.15, 0.2) is 36.5 Å². The van der Waals surface area contributed by atoms with E-state index in [1.165, 1.54) is 0 Å². The molecular weight excluding hydrogens is 274 g/mol. The number of hydrogen-bond donors (Lipinski definition) is 1. The molecule has 4 heteroatoms. The van der Waals surface area contributed by atoms with E-state index in [1.807, 2.05) is 47.9 Å². The Kier molecular flexibility index (Phi) is 3.75. The molecule has 3 rings (SSSR count). The van der Waals surface area contributed by atoms with E-state index in [4.69, 9.17) is 15.5 Å². The quantitative estimate of drug-likeness (QED) is 0.792. The van der Waals surface area contributed by atoms with E-state index in [-0.39, 0.29) is 0 Å². The van der Waals surface area contributed by atoms with Crippen LogP contribution < -0.4 is 10.5 Å². The van der Waals surface area contributed by atoms with Gasteiger partial charge in [-0.15, -0.1) is 0 Å². The van der Waals surface area contributed by atoms with Crippen LogP contribution in [0.3, 0.4) is 0 Å². The lowest BCUT2D eigenvalue weighted by molar-refractivity contribution is 0.317. The Morgan fingerprint density at radius 3 is 2.55 bits per heavy atom. The van der Waals surface area contributed by atoms with E-state index in [1.54, 1.807) is 0 Å². The Balaban J connectivity index is 2.03. The highest BCUT2D eigenvalue weighted by Gasteiger charge is 2.13. The minimum Gasteiger partial charge on any atom is -0.494 e. The maximum atomic E-state index is 6.15. The summed E-state index contributed by atoms with van der Waals surface area (Å²) >= 11 is 0. The van der Waals surface area contributed by atoms with Gasteiger partial charge in [-0.3, -0.25) is 0 Å². The van der Waals surface area contributed by atoms with Crippen LogP contribution in [0, 0.1) is 13.8 Å². The molecule has 4 nitrogen and oxygen atoms in total. The summed E-state index contributed by atoms with van der Waals surface area (Å²) in [4.78, 5) is 4.73. The van der Waals surface area contributed by atoms with E-state index in [2.05, 4.69) is 13.8 Å². The van der Waals surface area contributed by atoms with E-state index in [9.17, 15) is 0 Å². The maximum Gasteiger partial charge on any atom is 0.161 e. The van der Waals surface area contributed by atoms with Crippen molar-refractivity contribution in [3.05, 3.63) is 47.8 Å². The Bertz CT molecular complexity index is 803. The van der Waals surface area contributed by atoms with Gasteiger partial charge in [0, 0.05) is 17.5 Å². The van der Waals surface area contributed by atoms with Gasteiger partial charge < -0.3 is 14.9 Å². The molecule has 2 aromatic heterocycles. The van der Waals surface area contributed by atoms with Gasteiger partial charge in [0.15, 0.2) is 5.65 Å². The lowest BCUT2D eigenvalue weighted by Gasteiger charge is -2.05. The number of hydrogen-bond acceptors (Lipinski definition) is 3. The predicted octanol–water partition coefficient (Wildman–Crippen LogP) is 3.99. The van der Waals surface area contributed by atoms with E-state index < -0.39 is 0 Å². The average Bonchev–Trinajstić information content (AvgIpc) is 2.87. The zero-order chi connectivity index (χ0) is 15.7. The number of benzene rings is 1. The number of nitrogen functional groups attached to an aromatic ring is 1. The number of nitrogens with zero attached hydrogens (tertiary/aromatic N) is 2. The summed E-state index contributed by atoms with van der Waals surface area (Å²) in [6.45, 7) is 6.90. The summed E-state index contributed by atoms with van der Waals surface area (Å²) in [5.74, 6) is 0.891. The fraction of sp³-hybridized carbons (Fsp3) is 0.278. The highest BCUT2D eigenvalue weighted by molar-refractivity contribution is 5.75. The third kappa shape index (κ3) is 2.41. The monoisotopic (exact) mass is 295 g/mol. The zero-order valence-electron chi connectivity index (χ0n) is 13.3. The number of ether oxygens (including phenoxy) is 1. The van der Waals surface area contributed by atoms with Crippen LogP contribution in [-0.4, -0.2) is 16.0 Å². The van der Waals surface area contributed by atoms with Crippen molar-refractivity contribution in [1.82, 2.24) is 9.38 Å². The Hall–Kier alpha value is -2.49. The van der Waals surface area contributed by atoms with Gasteiger partial charge in [-0.05, 0) is 56.2 Å². The molecule has 0 saturated carbocycles. The first-order valence-electron chi connectivity index (χ1n) is 7.58. The molecule has 0 aliphatic heterocycles. The van der Waals surface area contributed by atoms with Gasteiger partial charge in [-0.2, -0.15) is 0 Å². The van der Waals surface area contributed by atoms with Crippen molar-refractivity contribution in [1.29, 1.82) is 0 Å². The molecule has 0 fully saturated rings. The molecule has 0 aliphatic rings. The van der Waals surface area contributed by atoms with Crippen LogP contribution in [0.1, 0.15) is 24.6 Å². The van der Waals surface area contributed by atoms with Gasteiger partial charge in [0.2, 0.25) is 0 Å². The Morgan fingerprint density at radius 1 is 1.14 bits per heavy atom. The molecule has 0 aliphatic carbocycles. The first-order chi connectivity index (χ1) is 10.6. The molecule has 0 spiro atoms. The molecule has 0 bridgehead atoms. The Labute approximate surface area is 130 Å². The second-order valence-corrected chi connectivity index (χ2v) is 5.52. The SMILES string of the molecule is CCCOc1ccc(-c2nc3c(N)c(C)ccn3c2C)cc1. The summed E-state index contributed by atoms with van der Waals surface area (Å²) in [5, 5.41) is 0. The topological polar surface area (TPSA) is 52.5 Å². The van der Waals surface area contributed by atoms with E-state index in [0.29, 0.717) is 0 Å². The van der Waals surface area contributed by atoms with Crippen molar-refractivity contribution in [2.24, 2.45) is 0 Å². The summed E-state index contributed by atoms with van der Waals surface area (Å²) in [6.07, 6.45) is 3.03. The van der Waals surface area contributed by atoms with Crippen LogP contribution in [0.2, 0.25) is 0 Å². The molecule has 2 N–H and O–H groups in total. The first kappa shape index (κ1) is 14.4. The fourth-order valence-electron chi connectivity index (χ4n) is 2.54. The zero-order valence-corrected chi connectivity index (χ0v) is 13.3. The molecule has 0 amide bonds. The molecule has 0 saturated heterocycles. The minimum absolute atomic E-state index is 0.736. The number of fused-ring (bicyclic) bond motifs is 1. The third-order valence-electron chi connectivity index (χ3n) is 3.89. The standard InChI is InChI=1S/C18H21N3O/c1-4-11-22-15-7-5-14(6-8-15)17-13(3)21-10-9-12(2)16(19)18(21)20-17/h5-10H,4,11,19H2,1-3H3. The summed E-state index contributed by atoms with van der Waals surface area (Å²) in [5.41, 5.74) is 11.9. The van der Waals surface area contributed by atoms with Gasteiger partial charge >= 0.3 is 0 Å². The first-order valence-corrected chi connectivity index (χ1v) is 7.58. The minimum atomic E-state index is 0.736. The van der Waals surface area contributed by atoms with Gasteiger partial charge in [0.05, 0.1) is 18.0 Å². The maximum absolute atomic E-state index is 6.15. The smallest absolute Gasteiger partial charge is 0.161 e. The van der Waals surface area contributed by atoms with Gasteiger partial charge in [0.1, 0.15) is 5.75 Å². The Morgan fingerprint density at radius 2 is 1.86 bits per heavy atom. The number of imidazole rings is 1. The number of nitrogens with two attached hydrogens (primary N) is 1. The molecular formula is C18H21N3O. The van der Waals surface area contributed by atoms with Crippen LogP contribution in [0.25, 0.3) is 16.9 Å². The van der Waals surface area contributed by atoms with Crippen molar-refractivity contribution >= 4 is 11.3 Å². The predicted molar refractivity (Wildman–Crippen MR) is 90.3 cm³/mol. The fourth-order valence-corrected chi connectivity index (χ4v) is 2.54. The van der Waals surface area contributed by atoms with Crippen LogP contribution in [0.4, 0.5) is 5.69 Å². The third-order valence-corrected chi connectivity index (χ3v) is 3.89. The highest BCUT2D eigenvalue weighted by atomic mass is 16.5. The molecule has 114 valence electrons. The summed E-state index contributed by atoms with van der Waals surface area (Å²) < 4.78 is 7.67. The number of aromatic nitrogens is 2. The van der Waals surface area contributed by atoms with Crippen LogP contribution in [-0.2, 0) is 0 Å². The van der Waals surface area contributed by atoms with E-state index >= 15 is 0 Å². The molecule has 22 heavy (non-hydrogen) atoms. The number of anilines is 1. The summed E-state index contributed by atoms with van der Waals surface area (Å²) in [6, 6.07) is 10.1. The molecule has 3 aromatic rings. The number of rotatable bonds is 4. The second-order valence-electron chi connectivity index (χ2n) is 5.52. The average molecular weight is 295 g/mol. The molecule has 0 atom stereocenters. The van der Waals surface area contributed by atoms with Crippen LogP contribution in [0.5, 0.6) is 5.75 Å².